The Labute approximate surface area is 122 Å². The summed E-state index contributed by atoms with van der Waals surface area (Å²) >= 11 is 2.02. The summed E-state index contributed by atoms with van der Waals surface area (Å²) in [5.41, 5.74) is 0.956. The standard InChI is InChI=1S/C12H10FIN2O3/c1-7-11(14)16(10-6-4-3-5-9(10)13)15-12(7)19-18-8(2)17/h3-6H,1-2H3. The molecule has 2 rings (SSSR count). The van der Waals surface area contributed by atoms with Gasteiger partial charge in [-0.1, -0.05) is 12.1 Å². The van der Waals surface area contributed by atoms with Crippen molar-refractivity contribution >= 4 is 28.6 Å². The number of nitrogens with zero attached hydrogens (tertiary/aromatic N) is 2. The van der Waals surface area contributed by atoms with Crippen molar-refractivity contribution in [3.63, 3.8) is 0 Å². The molecule has 0 saturated heterocycles. The maximum atomic E-state index is 13.7. The van der Waals surface area contributed by atoms with E-state index >= 15 is 0 Å². The quantitative estimate of drug-likeness (QED) is 0.470. The van der Waals surface area contributed by atoms with Crippen LogP contribution in [0.1, 0.15) is 12.5 Å². The van der Waals surface area contributed by atoms with Gasteiger partial charge in [0, 0.05) is 12.5 Å². The normalized spacial score (nSPS) is 10.3. The van der Waals surface area contributed by atoms with Gasteiger partial charge in [0.2, 0.25) is 0 Å². The second-order valence-corrected chi connectivity index (χ2v) is 4.76. The molecule has 100 valence electrons. The molecule has 19 heavy (non-hydrogen) atoms. The number of rotatable bonds is 3. The van der Waals surface area contributed by atoms with E-state index in [2.05, 4.69) is 9.99 Å². The van der Waals surface area contributed by atoms with Gasteiger partial charge < -0.3 is 0 Å². The fourth-order valence-electron chi connectivity index (χ4n) is 1.42. The third-order valence-corrected chi connectivity index (χ3v) is 3.59. The molecule has 2 aromatic rings. The molecule has 0 spiro atoms. The lowest BCUT2D eigenvalue weighted by Gasteiger charge is -2.03. The minimum Gasteiger partial charge on any atom is -0.264 e. The first kappa shape index (κ1) is 13.8. The first-order valence-electron chi connectivity index (χ1n) is 5.36. The van der Waals surface area contributed by atoms with E-state index in [1.807, 2.05) is 22.6 Å². The third kappa shape index (κ3) is 2.86. The van der Waals surface area contributed by atoms with Crippen LogP contribution in [0.2, 0.25) is 0 Å². The molecule has 5 nitrogen and oxygen atoms in total. The number of benzene rings is 1. The molecule has 0 aliphatic rings. The van der Waals surface area contributed by atoms with Gasteiger partial charge in [-0.05, 0) is 41.6 Å². The average molecular weight is 376 g/mol. The number of halogens is 2. The molecule has 1 heterocycles. The Balaban J connectivity index is 2.40. The van der Waals surface area contributed by atoms with E-state index in [9.17, 15) is 9.18 Å². The smallest absolute Gasteiger partial charge is 0.264 e. The molecule has 0 amide bonds. The van der Waals surface area contributed by atoms with E-state index < -0.39 is 11.8 Å². The lowest BCUT2D eigenvalue weighted by molar-refractivity contribution is -0.212. The third-order valence-electron chi connectivity index (χ3n) is 2.33. The Morgan fingerprint density at radius 1 is 1.42 bits per heavy atom. The van der Waals surface area contributed by atoms with E-state index in [1.165, 1.54) is 17.7 Å². The van der Waals surface area contributed by atoms with Crippen LogP contribution in [0.5, 0.6) is 5.88 Å². The topological polar surface area (TPSA) is 53.4 Å². The highest BCUT2D eigenvalue weighted by Crippen LogP contribution is 2.26. The first-order chi connectivity index (χ1) is 9.00. The average Bonchev–Trinajstić information content (AvgIpc) is 2.65. The Kier molecular flexibility index (Phi) is 4.03. The number of hydrogen-bond donors (Lipinski definition) is 0. The monoisotopic (exact) mass is 376 g/mol. The minimum atomic E-state index is -0.588. The lowest BCUT2D eigenvalue weighted by atomic mass is 10.3. The van der Waals surface area contributed by atoms with E-state index in [1.54, 1.807) is 25.1 Å². The van der Waals surface area contributed by atoms with Gasteiger partial charge in [-0.3, -0.25) is 4.89 Å². The van der Waals surface area contributed by atoms with Crippen molar-refractivity contribution in [2.24, 2.45) is 0 Å². The van der Waals surface area contributed by atoms with E-state index in [0.29, 0.717) is 15.0 Å². The van der Waals surface area contributed by atoms with Gasteiger partial charge in [0.25, 0.3) is 5.88 Å². The predicted molar refractivity (Wildman–Crippen MR) is 73.4 cm³/mol. The number of para-hydroxylation sites is 1. The largest absolute Gasteiger partial charge is 0.352 e. The molecular formula is C12H10FIN2O3. The van der Waals surface area contributed by atoms with Gasteiger partial charge in [-0.15, -0.1) is 5.10 Å². The summed E-state index contributed by atoms with van der Waals surface area (Å²) in [4.78, 5) is 19.9. The minimum absolute atomic E-state index is 0.128. The maximum Gasteiger partial charge on any atom is 0.352 e. The molecule has 0 bridgehead atoms. The van der Waals surface area contributed by atoms with Crippen molar-refractivity contribution < 1.29 is 19.0 Å². The molecule has 0 atom stereocenters. The molecular weight excluding hydrogens is 366 g/mol. The van der Waals surface area contributed by atoms with E-state index in [4.69, 9.17) is 4.89 Å². The van der Waals surface area contributed by atoms with Crippen LogP contribution in [0, 0.1) is 16.4 Å². The molecule has 0 radical (unpaired) electrons. The fraction of sp³-hybridized carbons (Fsp3) is 0.167. The van der Waals surface area contributed by atoms with E-state index in [-0.39, 0.29) is 5.88 Å². The van der Waals surface area contributed by atoms with Gasteiger partial charge in [0.15, 0.2) is 0 Å². The summed E-state index contributed by atoms with van der Waals surface area (Å²) in [6.45, 7) is 2.96. The predicted octanol–water partition coefficient (Wildman–Crippen LogP) is 2.78. The highest BCUT2D eigenvalue weighted by atomic mass is 127. The summed E-state index contributed by atoms with van der Waals surface area (Å²) in [5, 5.41) is 4.08. The van der Waals surface area contributed by atoms with E-state index in [0.717, 1.165) is 0 Å². The summed E-state index contributed by atoms with van der Waals surface area (Å²) in [6, 6.07) is 6.24. The van der Waals surface area contributed by atoms with Crippen LogP contribution in [0.25, 0.3) is 5.69 Å². The molecule has 0 N–H and O–H groups in total. The Bertz CT molecular complexity index is 627. The molecule has 1 aromatic carbocycles. The van der Waals surface area contributed by atoms with Gasteiger partial charge in [0.1, 0.15) is 15.2 Å². The molecule has 0 saturated carbocycles. The van der Waals surface area contributed by atoms with Crippen molar-refractivity contribution in [2.45, 2.75) is 13.8 Å². The van der Waals surface area contributed by atoms with Crippen LogP contribution in [0.3, 0.4) is 0 Å². The number of hydrogen-bond acceptors (Lipinski definition) is 4. The molecule has 0 unspecified atom stereocenters. The number of carbonyl (C=O) groups is 1. The van der Waals surface area contributed by atoms with Gasteiger partial charge in [0.05, 0.1) is 0 Å². The zero-order valence-electron chi connectivity index (χ0n) is 10.2. The molecule has 0 aliphatic heterocycles. The second-order valence-electron chi connectivity index (χ2n) is 3.74. The Morgan fingerprint density at radius 2 is 2.11 bits per heavy atom. The van der Waals surface area contributed by atoms with Crippen molar-refractivity contribution in [1.82, 2.24) is 9.78 Å². The van der Waals surface area contributed by atoms with Crippen LogP contribution in [0.4, 0.5) is 4.39 Å². The fourth-order valence-corrected chi connectivity index (χ4v) is 2.02. The highest BCUT2D eigenvalue weighted by Gasteiger charge is 2.18. The zero-order valence-corrected chi connectivity index (χ0v) is 12.3. The van der Waals surface area contributed by atoms with Crippen LogP contribution in [-0.4, -0.2) is 15.7 Å². The van der Waals surface area contributed by atoms with Gasteiger partial charge >= 0.3 is 5.97 Å². The van der Waals surface area contributed by atoms with Crippen molar-refractivity contribution in [3.05, 3.63) is 39.3 Å². The van der Waals surface area contributed by atoms with Gasteiger partial charge in [-0.25, -0.2) is 18.8 Å². The van der Waals surface area contributed by atoms with Crippen LogP contribution in [-0.2, 0) is 9.68 Å². The maximum absolute atomic E-state index is 13.7. The van der Waals surface area contributed by atoms with Crippen LogP contribution >= 0.6 is 22.6 Å². The van der Waals surface area contributed by atoms with Crippen LogP contribution in [0.15, 0.2) is 24.3 Å². The zero-order chi connectivity index (χ0) is 14.0. The lowest BCUT2D eigenvalue weighted by Crippen LogP contribution is -2.05. The van der Waals surface area contributed by atoms with Crippen molar-refractivity contribution in [2.75, 3.05) is 0 Å². The summed E-state index contributed by atoms with van der Waals surface area (Å²) < 4.78 is 15.8. The molecule has 0 fully saturated rings. The van der Waals surface area contributed by atoms with Gasteiger partial charge in [-0.2, -0.15) is 0 Å². The molecule has 7 heteroatoms. The first-order valence-corrected chi connectivity index (χ1v) is 6.43. The van der Waals surface area contributed by atoms with Crippen molar-refractivity contribution in [3.8, 4) is 11.6 Å². The number of carbonyl (C=O) groups excluding carboxylic acids is 1. The Hall–Kier alpha value is -1.64. The highest BCUT2D eigenvalue weighted by molar-refractivity contribution is 14.1. The summed E-state index contributed by atoms with van der Waals surface area (Å²) in [7, 11) is 0. The summed E-state index contributed by atoms with van der Waals surface area (Å²) in [5.74, 6) is -0.861. The van der Waals surface area contributed by atoms with Crippen molar-refractivity contribution in [1.29, 1.82) is 0 Å². The van der Waals surface area contributed by atoms with Crippen LogP contribution < -0.4 is 4.89 Å². The second kappa shape index (κ2) is 5.55. The summed E-state index contributed by atoms with van der Waals surface area (Å²) in [6.07, 6.45) is 0. The number of aromatic nitrogens is 2. The molecule has 1 aromatic heterocycles. The molecule has 0 aliphatic carbocycles. The SMILES string of the molecule is CC(=O)OOc1nn(-c2ccccc2F)c(I)c1C. The Morgan fingerprint density at radius 3 is 2.74 bits per heavy atom.